The number of imidazole rings is 1. The van der Waals surface area contributed by atoms with E-state index in [9.17, 15) is 14.7 Å². The lowest BCUT2D eigenvalue weighted by atomic mass is 10.2. The number of benzene rings is 1. The molecule has 2 aromatic rings. The molecule has 0 saturated heterocycles. The van der Waals surface area contributed by atoms with Gasteiger partial charge in [0, 0.05) is 12.6 Å². The van der Waals surface area contributed by atoms with Crippen molar-refractivity contribution in [2.24, 2.45) is 0 Å². The van der Waals surface area contributed by atoms with E-state index in [0.29, 0.717) is 38.4 Å². The van der Waals surface area contributed by atoms with E-state index >= 15 is 0 Å². The van der Waals surface area contributed by atoms with Crippen LogP contribution in [-0.2, 0) is 17.8 Å². The zero-order valence-electron chi connectivity index (χ0n) is 17.2. The van der Waals surface area contributed by atoms with Gasteiger partial charge in [-0.05, 0) is 53.2 Å². The third kappa shape index (κ3) is 5.15. The highest BCUT2D eigenvalue weighted by Gasteiger charge is 2.24. The molecule has 0 aliphatic rings. The molecule has 1 N–H and O–H groups in total. The molecule has 0 aliphatic heterocycles. The Morgan fingerprint density at radius 2 is 1.96 bits per heavy atom. The molecule has 1 amide bonds. The number of carbonyl (C=O) groups excluding carboxylic acids is 2. The molecule has 0 saturated carbocycles. The van der Waals surface area contributed by atoms with E-state index in [4.69, 9.17) is 9.47 Å². The van der Waals surface area contributed by atoms with Crippen molar-refractivity contribution < 1.29 is 28.7 Å². The standard InChI is InChI=1S/C20H29N3O5/c1-6-22-15-10-9-14(13-16(15)23(7-2)17(22)18(24)25)27-12-8-11-21-19(26)28-20(3,4)5/h9-10,13H,6-8,11-12H2,1-5H3,(H-,21,24,25,26). The number of fused-ring (bicyclic) bond motifs is 1. The van der Waals surface area contributed by atoms with Crippen molar-refractivity contribution in [2.75, 3.05) is 13.2 Å². The van der Waals surface area contributed by atoms with Gasteiger partial charge in [-0.3, -0.25) is 0 Å². The molecular formula is C20H29N3O5. The quantitative estimate of drug-likeness (QED) is 0.545. The smallest absolute Gasteiger partial charge is 0.407 e. The van der Waals surface area contributed by atoms with Gasteiger partial charge >= 0.3 is 11.9 Å². The summed E-state index contributed by atoms with van der Waals surface area (Å²) in [4.78, 5) is 23.2. The van der Waals surface area contributed by atoms with Crippen molar-refractivity contribution in [3.05, 3.63) is 24.0 Å². The Balaban J connectivity index is 2.01. The Morgan fingerprint density at radius 1 is 1.25 bits per heavy atom. The van der Waals surface area contributed by atoms with Crippen LogP contribution in [0.3, 0.4) is 0 Å². The number of aryl methyl sites for hydroxylation is 2. The lowest BCUT2D eigenvalue weighted by Crippen LogP contribution is -2.44. The van der Waals surface area contributed by atoms with Crippen molar-refractivity contribution in [2.45, 2.75) is 59.7 Å². The first kappa shape index (κ1) is 21.5. The number of ether oxygens (including phenoxy) is 2. The fourth-order valence-electron chi connectivity index (χ4n) is 3.04. The van der Waals surface area contributed by atoms with E-state index in [1.807, 2.05) is 52.8 Å². The SMILES string of the molecule is CCn1c(C(=O)[O-])[n+](CC)c2ccc(OCCCNC(=O)OC(C)(C)C)cc21. The molecule has 0 bridgehead atoms. The molecule has 0 atom stereocenters. The Kier molecular flexibility index (Phi) is 6.88. The minimum Gasteiger partial charge on any atom is -0.538 e. The molecule has 8 nitrogen and oxygen atoms in total. The Bertz CT molecular complexity index is 852. The molecule has 28 heavy (non-hydrogen) atoms. The number of carboxylic acids is 1. The Labute approximate surface area is 165 Å². The third-order valence-corrected chi connectivity index (χ3v) is 4.11. The Hall–Kier alpha value is -2.77. The van der Waals surface area contributed by atoms with Gasteiger partial charge in [0.25, 0.3) is 0 Å². The first-order valence-electron chi connectivity index (χ1n) is 9.55. The number of hydrogen-bond acceptors (Lipinski definition) is 5. The van der Waals surface area contributed by atoms with Crippen LogP contribution in [0.4, 0.5) is 4.79 Å². The molecule has 0 unspecified atom stereocenters. The Morgan fingerprint density at radius 3 is 2.54 bits per heavy atom. The van der Waals surface area contributed by atoms with E-state index in [1.54, 1.807) is 9.13 Å². The molecule has 1 aromatic carbocycles. The maximum atomic E-state index is 11.6. The number of carbonyl (C=O) groups is 2. The van der Waals surface area contributed by atoms with E-state index in [0.717, 1.165) is 11.0 Å². The van der Waals surface area contributed by atoms with Gasteiger partial charge < -0.3 is 24.7 Å². The van der Waals surface area contributed by atoms with Crippen LogP contribution < -0.4 is 19.7 Å². The van der Waals surface area contributed by atoms with Crippen molar-refractivity contribution in [3.63, 3.8) is 0 Å². The molecule has 0 spiro atoms. The summed E-state index contributed by atoms with van der Waals surface area (Å²) in [5, 5.41) is 14.3. The topological polar surface area (TPSA) is 96.5 Å². The largest absolute Gasteiger partial charge is 0.538 e. The van der Waals surface area contributed by atoms with Crippen LogP contribution in [0.25, 0.3) is 11.0 Å². The first-order chi connectivity index (χ1) is 13.2. The fourth-order valence-corrected chi connectivity index (χ4v) is 3.04. The second-order valence-corrected chi connectivity index (χ2v) is 7.38. The number of hydrogen-bond donors (Lipinski definition) is 1. The van der Waals surface area contributed by atoms with Gasteiger partial charge in [0.2, 0.25) is 0 Å². The molecular weight excluding hydrogens is 362 g/mol. The van der Waals surface area contributed by atoms with Crippen molar-refractivity contribution in [1.29, 1.82) is 0 Å². The number of rotatable bonds is 8. The van der Waals surface area contributed by atoms with Crippen LogP contribution in [0.15, 0.2) is 18.2 Å². The molecule has 1 aromatic heterocycles. The second kappa shape index (κ2) is 8.95. The van der Waals surface area contributed by atoms with E-state index < -0.39 is 17.7 Å². The predicted molar refractivity (Wildman–Crippen MR) is 102 cm³/mol. The molecule has 0 radical (unpaired) electrons. The van der Waals surface area contributed by atoms with Gasteiger partial charge in [-0.25, -0.2) is 13.9 Å². The number of nitrogens with one attached hydrogen (secondary N) is 1. The summed E-state index contributed by atoms with van der Waals surface area (Å²) in [5.41, 5.74) is 1.08. The van der Waals surface area contributed by atoms with Crippen LogP contribution in [0, 0.1) is 0 Å². The average molecular weight is 391 g/mol. The monoisotopic (exact) mass is 391 g/mol. The van der Waals surface area contributed by atoms with Gasteiger partial charge in [-0.2, -0.15) is 0 Å². The molecule has 1 heterocycles. The van der Waals surface area contributed by atoms with Crippen LogP contribution in [0.1, 0.15) is 51.7 Å². The highest BCUT2D eigenvalue weighted by Crippen LogP contribution is 2.21. The molecule has 2 rings (SSSR count). The van der Waals surface area contributed by atoms with Crippen LogP contribution in [0.5, 0.6) is 5.75 Å². The van der Waals surface area contributed by atoms with Crippen molar-refractivity contribution in [1.82, 2.24) is 9.88 Å². The fraction of sp³-hybridized carbons (Fsp3) is 0.550. The maximum Gasteiger partial charge on any atom is 0.407 e. The lowest BCUT2D eigenvalue weighted by Gasteiger charge is -2.19. The van der Waals surface area contributed by atoms with Gasteiger partial charge in [0.15, 0.2) is 17.0 Å². The predicted octanol–water partition coefficient (Wildman–Crippen LogP) is 1.63. The van der Waals surface area contributed by atoms with Gasteiger partial charge in [0.05, 0.1) is 19.7 Å². The number of carboxylic acid groups (broad SMARTS) is 1. The number of nitrogens with zero attached hydrogens (tertiary/aromatic N) is 2. The average Bonchev–Trinajstić information content (AvgIpc) is 2.92. The summed E-state index contributed by atoms with van der Waals surface area (Å²) in [5.74, 6) is -0.403. The minimum absolute atomic E-state index is 0.152. The van der Waals surface area contributed by atoms with Gasteiger partial charge in [-0.15, -0.1) is 0 Å². The van der Waals surface area contributed by atoms with Crippen LogP contribution in [0.2, 0.25) is 0 Å². The zero-order chi connectivity index (χ0) is 20.9. The molecule has 0 aliphatic carbocycles. The van der Waals surface area contributed by atoms with Gasteiger partial charge in [0.1, 0.15) is 11.4 Å². The van der Waals surface area contributed by atoms with E-state index in [2.05, 4.69) is 5.32 Å². The maximum absolute atomic E-state index is 11.6. The summed E-state index contributed by atoms with van der Waals surface area (Å²) < 4.78 is 14.4. The lowest BCUT2D eigenvalue weighted by molar-refractivity contribution is -0.673. The zero-order valence-corrected chi connectivity index (χ0v) is 17.2. The second-order valence-electron chi connectivity index (χ2n) is 7.38. The van der Waals surface area contributed by atoms with Crippen LogP contribution >= 0.6 is 0 Å². The minimum atomic E-state index is -1.20. The molecule has 0 fully saturated rings. The normalized spacial score (nSPS) is 11.5. The third-order valence-electron chi connectivity index (χ3n) is 4.11. The van der Waals surface area contributed by atoms with E-state index in [-0.39, 0.29) is 5.82 Å². The highest BCUT2D eigenvalue weighted by molar-refractivity contribution is 5.85. The molecule has 154 valence electrons. The summed E-state index contributed by atoms with van der Waals surface area (Å²) in [6.07, 6.45) is 0.166. The first-order valence-corrected chi connectivity index (χ1v) is 9.55. The summed E-state index contributed by atoms with van der Waals surface area (Å²) in [7, 11) is 0. The number of aromatic carboxylic acids is 1. The highest BCUT2D eigenvalue weighted by atomic mass is 16.6. The molecule has 8 heteroatoms. The van der Waals surface area contributed by atoms with Crippen LogP contribution in [-0.4, -0.2) is 35.4 Å². The summed E-state index contributed by atoms with van der Waals surface area (Å²) >= 11 is 0. The summed E-state index contributed by atoms with van der Waals surface area (Å²) in [6, 6.07) is 5.50. The van der Waals surface area contributed by atoms with Crippen molar-refractivity contribution in [3.8, 4) is 5.75 Å². The number of aromatic nitrogens is 2. The summed E-state index contributed by atoms with van der Waals surface area (Å²) in [6.45, 7) is 11.1. The van der Waals surface area contributed by atoms with E-state index in [1.165, 1.54) is 0 Å². The van der Waals surface area contributed by atoms with Crippen molar-refractivity contribution >= 4 is 23.1 Å². The van der Waals surface area contributed by atoms with Gasteiger partial charge in [-0.1, -0.05) is 0 Å². The number of amides is 1. The number of alkyl carbamates (subject to hydrolysis) is 1.